The second kappa shape index (κ2) is 6.09. The lowest BCUT2D eigenvalue weighted by atomic mass is 10.1. The average molecular weight is 311 g/mol. The maximum atomic E-state index is 11.8. The summed E-state index contributed by atoms with van der Waals surface area (Å²) in [5.41, 5.74) is 1.35. The molecule has 3 amide bonds. The van der Waals surface area contributed by atoms with E-state index in [1.807, 2.05) is 0 Å². The largest absolute Gasteiger partial charge is 0.341 e. The van der Waals surface area contributed by atoms with Crippen molar-refractivity contribution >= 4 is 35.4 Å². The lowest BCUT2D eigenvalue weighted by Crippen LogP contribution is -2.51. The van der Waals surface area contributed by atoms with Crippen LogP contribution in [0.3, 0.4) is 0 Å². The Morgan fingerprint density at radius 2 is 2.24 bits per heavy atom. The molecule has 1 aromatic heterocycles. The highest BCUT2D eigenvalue weighted by Gasteiger charge is 2.27. The molecule has 0 bridgehead atoms. The number of nitrogens with one attached hydrogen (secondary N) is 2. The molecule has 0 spiro atoms. The molecule has 1 atom stereocenters. The SMILES string of the molecule is Cc1nn(C)c(Cl)c1C=CC(=O)NC1CCC(=O)NC1=O. The molecule has 2 rings (SSSR count). The molecular formula is C13H15ClN4O3. The van der Waals surface area contributed by atoms with E-state index in [1.165, 1.54) is 10.8 Å². The number of hydrogen-bond acceptors (Lipinski definition) is 4. The van der Waals surface area contributed by atoms with E-state index in [2.05, 4.69) is 15.7 Å². The summed E-state index contributed by atoms with van der Waals surface area (Å²) in [5, 5.41) is 9.28. The van der Waals surface area contributed by atoms with Gasteiger partial charge in [-0.3, -0.25) is 24.4 Å². The van der Waals surface area contributed by atoms with Gasteiger partial charge < -0.3 is 5.32 Å². The third kappa shape index (κ3) is 3.49. The van der Waals surface area contributed by atoms with Crippen molar-refractivity contribution in [3.8, 4) is 0 Å². The van der Waals surface area contributed by atoms with Gasteiger partial charge in [-0.15, -0.1) is 0 Å². The molecule has 1 unspecified atom stereocenters. The number of aromatic nitrogens is 2. The van der Waals surface area contributed by atoms with Crippen LogP contribution in [0.2, 0.25) is 5.15 Å². The lowest BCUT2D eigenvalue weighted by molar-refractivity contribution is -0.136. The van der Waals surface area contributed by atoms with Crippen molar-refractivity contribution < 1.29 is 14.4 Å². The zero-order valence-electron chi connectivity index (χ0n) is 11.6. The molecule has 7 nitrogen and oxygen atoms in total. The first kappa shape index (κ1) is 15.2. The fraction of sp³-hybridized carbons (Fsp3) is 0.385. The zero-order valence-corrected chi connectivity index (χ0v) is 12.4. The van der Waals surface area contributed by atoms with E-state index < -0.39 is 17.9 Å². The van der Waals surface area contributed by atoms with Crippen LogP contribution in [0.15, 0.2) is 6.08 Å². The van der Waals surface area contributed by atoms with Crippen molar-refractivity contribution in [3.63, 3.8) is 0 Å². The van der Waals surface area contributed by atoms with Crippen molar-refractivity contribution in [2.75, 3.05) is 0 Å². The standard InChI is InChI=1S/C13H15ClN4O3/c1-7-8(12(14)18(2)17-7)3-5-10(19)15-9-4-6-11(20)16-13(9)21/h3,5,9H,4,6H2,1-2H3,(H,15,19)(H,16,20,21). The second-order valence-corrected chi connectivity index (χ2v) is 5.12. The summed E-state index contributed by atoms with van der Waals surface area (Å²) < 4.78 is 1.51. The monoisotopic (exact) mass is 310 g/mol. The quantitative estimate of drug-likeness (QED) is 0.621. The minimum absolute atomic E-state index is 0.216. The van der Waals surface area contributed by atoms with Gasteiger partial charge in [0.2, 0.25) is 17.7 Å². The molecule has 0 aliphatic carbocycles. The zero-order chi connectivity index (χ0) is 15.6. The molecule has 1 aliphatic rings. The summed E-state index contributed by atoms with van der Waals surface area (Å²) in [6, 6.07) is -0.690. The van der Waals surface area contributed by atoms with E-state index in [0.29, 0.717) is 22.8 Å². The summed E-state index contributed by atoms with van der Waals surface area (Å²) in [6.45, 7) is 1.78. The highest BCUT2D eigenvalue weighted by Crippen LogP contribution is 2.19. The highest BCUT2D eigenvalue weighted by atomic mass is 35.5. The molecule has 112 valence electrons. The van der Waals surface area contributed by atoms with Crippen molar-refractivity contribution in [2.24, 2.45) is 7.05 Å². The van der Waals surface area contributed by atoms with Crippen LogP contribution in [-0.2, 0) is 21.4 Å². The Morgan fingerprint density at radius 1 is 1.52 bits per heavy atom. The van der Waals surface area contributed by atoms with Crippen LogP contribution in [-0.4, -0.2) is 33.5 Å². The first-order valence-corrected chi connectivity index (χ1v) is 6.77. The summed E-state index contributed by atoms with van der Waals surface area (Å²) >= 11 is 6.04. The van der Waals surface area contributed by atoms with Crippen molar-refractivity contribution in [2.45, 2.75) is 25.8 Å². The van der Waals surface area contributed by atoms with E-state index in [0.717, 1.165) is 0 Å². The summed E-state index contributed by atoms with van der Waals surface area (Å²) in [5.74, 6) is -1.23. The van der Waals surface area contributed by atoms with Gasteiger partial charge in [0.15, 0.2) is 0 Å². The topological polar surface area (TPSA) is 93.1 Å². The highest BCUT2D eigenvalue weighted by molar-refractivity contribution is 6.31. The number of aryl methyl sites for hydroxylation is 2. The predicted molar refractivity (Wildman–Crippen MR) is 76.3 cm³/mol. The van der Waals surface area contributed by atoms with Gasteiger partial charge in [-0.1, -0.05) is 11.6 Å². The number of carbonyl (C=O) groups is 3. The van der Waals surface area contributed by atoms with Crippen molar-refractivity contribution in [1.82, 2.24) is 20.4 Å². The van der Waals surface area contributed by atoms with Crippen molar-refractivity contribution in [1.29, 1.82) is 0 Å². The molecule has 8 heteroatoms. The Bertz CT molecular complexity index is 636. The van der Waals surface area contributed by atoms with Gasteiger partial charge in [0, 0.05) is 25.1 Å². The number of halogens is 1. The number of amides is 3. The van der Waals surface area contributed by atoms with Gasteiger partial charge >= 0.3 is 0 Å². The molecule has 0 radical (unpaired) electrons. The molecule has 1 saturated heterocycles. The number of carbonyl (C=O) groups excluding carboxylic acids is 3. The number of piperidine rings is 1. The van der Waals surface area contributed by atoms with Gasteiger partial charge in [0.25, 0.3) is 0 Å². The molecule has 2 N–H and O–H groups in total. The lowest BCUT2D eigenvalue weighted by Gasteiger charge is -2.20. The van der Waals surface area contributed by atoms with Gasteiger partial charge in [-0.2, -0.15) is 5.10 Å². The van der Waals surface area contributed by atoms with Crippen LogP contribution >= 0.6 is 11.6 Å². The Labute approximate surface area is 126 Å². The van der Waals surface area contributed by atoms with E-state index in [1.54, 1.807) is 20.0 Å². The smallest absolute Gasteiger partial charge is 0.249 e. The maximum absolute atomic E-state index is 11.8. The first-order chi connectivity index (χ1) is 9.88. The molecule has 0 aromatic carbocycles. The van der Waals surface area contributed by atoms with Crippen LogP contribution < -0.4 is 10.6 Å². The minimum atomic E-state index is -0.690. The number of rotatable bonds is 3. The average Bonchev–Trinajstić information content (AvgIpc) is 2.65. The van der Waals surface area contributed by atoms with Crippen LogP contribution in [0.25, 0.3) is 6.08 Å². The summed E-state index contributed by atoms with van der Waals surface area (Å²) in [7, 11) is 1.70. The summed E-state index contributed by atoms with van der Waals surface area (Å²) in [4.78, 5) is 34.3. The number of nitrogens with zero attached hydrogens (tertiary/aromatic N) is 2. The molecule has 1 fully saturated rings. The van der Waals surface area contributed by atoms with Gasteiger partial charge in [-0.25, -0.2) is 0 Å². The maximum Gasteiger partial charge on any atom is 0.249 e. The molecule has 2 heterocycles. The van der Waals surface area contributed by atoms with Crippen molar-refractivity contribution in [3.05, 3.63) is 22.5 Å². The Hall–Kier alpha value is -2.15. The fourth-order valence-corrected chi connectivity index (χ4v) is 2.28. The van der Waals surface area contributed by atoms with E-state index >= 15 is 0 Å². The molecule has 21 heavy (non-hydrogen) atoms. The predicted octanol–water partition coefficient (Wildman–Crippen LogP) is 0.317. The molecule has 1 aromatic rings. The molecular weight excluding hydrogens is 296 g/mol. The molecule has 1 aliphatic heterocycles. The summed E-state index contributed by atoms with van der Waals surface area (Å²) in [6.07, 6.45) is 3.36. The second-order valence-electron chi connectivity index (χ2n) is 4.76. The fourth-order valence-electron chi connectivity index (χ4n) is 2.05. The Morgan fingerprint density at radius 3 is 2.81 bits per heavy atom. The van der Waals surface area contributed by atoms with E-state index in [-0.39, 0.29) is 12.3 Å². The van der Waals surface area contributed by atoms with E-state index in [9.17, 15) is 14.4 Å². The molecule has 0 saturated carbocycles. The Balaban J connectivity index is 2.00. The van der Waals surface area contributed by atoms with Crippen LogP contribution in [0, 0.1) is 6.92 Å². The van der Waals surface area contributed by atoms with Crippen LogP contribution in [0.4, 0.5) is 0 Å². The minimum Gasteiger partial charge on any atom is -0.341 e. The normalized spacial score (nSPS) is 18.9. The first-order valence-electron chi connectivity index (χ1n) is 6.40. The third-order valence-corrected chi connectivity index (χ3v) is 3.60. The third-order valence-electron chi connectivity index (χ3n) is 3.15. The Kier molecular flexibility index (Phi) is 4.42. The number of hydrogen-bond donors (Lipinski definition) is 2. The van der Waals surface area contributed by atoms with Gasteiger partial charge in [-0.05, 0) is 19.4 Å². The van der Waals surface area contributed by atoms with Crippen LogP contribution in [0.1, 0.15) is 24.1 Å². The van der Waals surface area contributed by atoms with E-state index in [4.69, 9.17) is 11.6 Å². The van der Waals surface area contributed by atoms with Gasteiger partial charge in [0.05, 0.1) is 5.69 Å². The van der Waals surface area contributed by atoms with Crippen LogP contribution in [0.5, 0.6) is 0 Å². The number of imide groups is 1. The van der Waals surface area contributed by atoms with Gasteiger partial charge in [0.1, 0.15) is 11.2 Å².